The second-order valence-corrected chi connectivity index (χ2v) is 10.1. The molecule has 182 valence electrons. The fourth-order valence-electron chi connectivity index (χ4n) is 5.04. The number of allylic oxidation sites excluding steroid dienone is 3. The predicted molar refractivity (Wildman–Crippen MR) is 151 cm³/mol. The molecule has 3 heterocycles. The van der Waals surface area contributed by atoms with E-state index in [1.165, 1.54) is 0 Å². The van der Waals surface area contributed by atoms with Gasteiger partial charge in [0.2, 0.25) is 5.89 Å². The lowest BCUT2D eigenvalue weighted by atomic mass is 9.99. The van der Waals surface area contributed by atoms with E-state index in [2.05, 4.69) is 18.2 Å². The number of aromatic nitrogens is 2. The minimum Gasteiger partial charge on any atom is -0.434 e. The summed E-state index contributed by atoms with van der Waals surface area (Å²) in [5, 5.41) is 20.5. The molecule has 0 saturated heterocycles. The van der Waals surface area contributed by atoms with E-state index in [9.17, 15) is 15.3 Å². The zero-order valence-electron chi connectivity index (χ0n) is 20.3. The molecule has 0 amide bonds. The summed E-state index contributed by atoms with van der Waals surface area (Å²) in [7, 11) is 0. The van der Waals surface area contributed by atoms with Crippen molar-refractivity contribution in [3.63, 3.8) is 0 Å². The summed E-state index contributed by atoms with van der Waals surface area (Å²) >= 11 is 1.61. The number of rotatable bonds is 3. The highest BCUT2D eigenvalue weighted by Gasteiger charge is 2.33. The maximum Gasteiger partial charge on any atom is 0.239 e. The van der Waals surface area contributed by atoms with Crippen LogP contribution in [0.3, 0.4) is 0 Å². The molecule has 39 heavy (non-hydrogen) atoms. The first kappa shape index (κ1) is 22.7. The molecular formula is C32H16N4O2S. The van der Waals surface area contributed by atoms with E-state index in [1.54, 1.807) is 41.7 Å². The highest BCUT2D eigenvalue weighted by Crippen LogP contribution is 2.41. The van der Waals surface area contributed by atoms with Crippen molar-refractivity contribution in [3.05, 3.63) is 119 Å². The smallest absolute Gasteiger partial charge is 0.239 e. The average Bonchev–Trinajstić information content (AvgIpc) is 3.72. The number of fused-ring (bicyclic) bond motifs is 3. The molecule has 1 aliphatic rings. The molecule has 0 unspecified atom stereocenters. The minimum absolute atomic E-state index is 0.105. The standard InChI is InChI=1S/C32H16N4O2S/c33-17-20(18-34)29-23-11-5-6-12-24(23)30(37)25(29)15-22-16-26-31(36(22)21-9-2-1-3-10-21)35-32(38-26)28-14-19-8-4-7-13-27(19)39-28/h1-16H/b25-15-. The van der Waals surface area contributed by atoms with Crippen molar-refractivity contribution in [2.24, 2.45) is 0 Å². The van der Waals surface area contributed by atoms with Crippen molar-refractivity contribution >= 4 is 50.1 Å². The number of Topliss-reactive ketones (excluding diaryl/α,β-unsaturated/α-hetero) is 1. The van der Waals surface area contributed by atoms with E-state index >= 15 is 0 Å². The van der Waals surface area contributed by atoms with Crippen molar-refractivity contribution in [2.75, 3.05) is 0 Å². The van der Waals surface area contributed by atoms with Gasteiger partial charge in [-0.3, -0.25) is 9.36 Å². The molecule has 0 N–H and O–H groups in total. The Balaban J connectivity index is 1.45. The second-order valence-electron chi connectivity index (χ2n) is 9.00. The molecule has 0 radical (unpaired) electrons. The third-order valence-electron chi connectivity index (χ3n) is 6.75. The Hall–Kier alpha value is -5.50. The van der Waals surface area contributed by atoms with E-state index in [1.807, 2.05) is 65.2 Å². The molecule has 0 spiro atoms. The number of carbonyl (C=O) groups excluding carboxylic acids is 1. The Labute approximate surface area is 226 Å². The van der Waals surface area contributed by atoms with Crippen LogP contribution in [0.5, 0.6) is 0 Å². The normalized spacial score (nSPS) is 13.6. The molecule has 0 atom stereocenters. The van der Waals surface area contributed by atoms with E-state index in [0.717, 1.165) is 20.7 Å². The topological polar surface area (TPSA) is 95.6 Å². The molecule has 7 heteroatoms. The van der Waals surface area contributed by atoms with Gasteiger partial charge >= 0.3 is 0 Å². The molecule has 7 rings (SSSR count). The number of thiophene rings is 1. The van der Waals surface area contributed by atoms with E-state index in [4.69, 9.17) is 9.40 Å². The molecule has 1 aliphatic carbocycles. The largest absolute Gasteiger partial charge is 0.434 e. The lowest BCUT2D eigenvalue weighted by Gasteiger charge is -2.08. The van der Waals surface area contributed by atoms with Gasteiger partial charge in [-0.1, -0.05) is 60.7 Å². The summed E-state index contributed by atoms with van der Waals surface area (Å²) in [6.07, 6.45) is 1.72. The maximum absolute atomic E-state index is 13.5. The number of benzene rings is 3. The second kappa shape index (κ2) is 8.81. The van der Waals surface area contributed by atoms with Crippen molar-refractivity contribution in [1.82, 2.24) is 9.55 Å². The fourth-order valence-corrected chi connectivity index (χ4v) is 6.03. The summed E-state index contributed by atoms with van der Waals surface area (Å²) in [5.74, 6) is 0.284. The lowest BCUT2D eigenvalue weighted by Crippen LogP contribution is -2.00. The minimum atomic E-state index is -0.236. The quantitative estimate of drug-likeness (QED) is 0.177. The van der Waals surface area contributed by atoms with Crippen LogP contribution in [0.15, 0.2) is 107 Å². The van der Waals surface area contributed by atoms with Crippen molar-refractivity contribution < 1.29 is 9.21 Å². The van der Waals surface area contributed by atoms with Crippen molar-refractivity contribution in [1.29, 1.82) is 10.5 Å². The summed E-state index contributed by atoms with van der Waals surface area (Å²) < 4.78 is 9.32. The molecule has 3 aromatic heterocycles. The van der Waals surface area contributed by atoms with Crippen LogP contribution in [0.4, 0.5) is 0 Å². The molecule has 6 nitrogen and oxygen atoms in total. The third-order valence-corrected chi connectivity index (χ3v) is 7.86. The molecule has 6 aromatic rings. The van der Waals surface area contributed by atoms with Gasteiger partial charge in [0.1, 0.15) is 17.7 Å². The number of para-hydroxylation sites is 1. The van der Waals surface area contributed by atoms with Crippen LogP contribution in [0.2, 0.25) is 0 Å². The number of hydrogen-bond acceptors (Lipinski definition) is 6. The monoisotopic (exact) mass is 520 g/mol. The Morgan fingerprint density at radius 2 is 1.62 bits per heavy atom. The van der Waals surface area contributed by atoms with Gasteiger partial charge in [-0.05, 0) is 41.3 Å². The van der Waals surface area contributed by atoms with E-state index < -0.39 is 0 Å². The summed E-state index contributed by atoms with van der Waals surface area (Å²) in [6.45, 7) is 0. The number of hydrogen-bond donors (Lipinski definition) is 0. The molecule has 3 aromatic carbocycles. The zero-order chi connectivity index (χ0) is 26.5. The molecule has 0 fully saturated rings. The predicted octanol–water partition coefficient (Wildman–Crippen LogP) is 7.58. The van der Waals surface area contributed by atoms with Gasteiger partial charge in [-0.2, -0.15) is 15.5 Å². The van der Waals surface area contributed by atoms with Gasteiger partial charge in [0, 0.05) is 33.2 Å². The summed E-state index contributed by atoms with van der Waals surface area (Å²) in [6, 6.07) is 32.7. The van der Waals surface area contributed by atoms with Gasteiger partial charge < -0.3 is 4.42 Å². The van der Waals surface area contributed by atoms with Gasteiger partial charge in [-0.25, -0.2) is 0 Å². The number of nitrogens with zero attached hydrogens (tertiary/aromatic N) is 4. The van der Waals surface area contributed by atoms with Gasteiger partial charge in [0.05, 0.1) is 10.6 Å². The van der Waals surface area contributed by atoms with Crippen LogP contribution in [0, 0.1) is 22.7 Å². The number of ketones is 1. The highest BCUT2D eigenvalue weighted by atomic mass is 32.1. The highest BCUT2D eigenvalue weighted by molar-refractivity contribution is 7.22. The SMILES string of the molecule is N#CC(C#N)=C1/C(=C/c2cc3oc(-c4cc5ccccc5s4)nc3n2-c2ccccc2)C(=O)c2ccccc21. The summed E-state index contributed by atoms with van der Waals surface area (Å²) in [4.78, 5) is 19.3. The van der Waals surface area contributed by atoms with Crippen molar-refractivity contribution in [2.45, 2.75) is 0 Å². The van der Waals surface area contributed by atoms with Crippen LogP contribution < -0.4 is 0 Å². The fraction of sp³-hybridized carbons (Fsp3) is 0. The van der Waals surface area contributed by atoms with Crippen LogP contribution in [-0.2, 0) is 0 Å². The van der Waals surface area contributed by atoms with Gasteiger partial charge in [-0.15, -0.1) is 11.3 Å². The Morgan fingerprint density at radius 1 is 0.897 bits per heavy atom. The van der Waals surface area contributed by atoms with Gasteiger partial charge in [0.15, 0.2) is 17.0 Å². The molecular weight excluding hydrogens is 504 g/mol. The third kappa shape index (κ3) is 3.53. The van der Waals surface area contributed by atoms with E-state index in [0.29, 0.717) is 39.5 Å². The first-order valence-corrected chi connectivity index (χ1v) is 12.9. The van der Waals surface area contributed by atoms with Crippen molar-refractivity contribution in [3.8, 4) is 28.6 Å². The van der Waals surface area contributed by atoms with Gasteiger partial charge in [0.25, 0.3) is 0 Å². The molecule has 0 aliphatic heterocycles. The average molecular weight is 521 g/mol. The van der Waals surface area contributed by atoms with Crippen LogP contribution in [-0.4, -0.2) is 15.3 Å². The Kier molecular flexibility index (Phi) is 5.12. The maximum atomic E-state index is 13.5. The first-order chi connectivity index (χ1) is 19.2. The number of oxazole rings is 1. The van der Waals surface area contributed by atoms with Crippen LogP contribution in [0.25, 0.3) is 49.4 Å². The molecule has 0 bridgehead atoms. The van der Waals surface area contributed by atoms with E-state index in [-0.39, 0.29) is 16.9 Å². The van der Waals surface area contributed by atoms with Crippen LogP contribution >= 0.6 is 11.3 Å². The summed E-state index contributed by atoms with van der Waals surface area (Å²) in [5.41, 5.74) is 4.23. The van der Waals surface area contributed by atoms with Crippen LogP contribution in [0.1, 0.15) is 21.6 Å². The zero-order valence-corrected chi connectivity index (χ0v) is 21.1. The number of carbonyl (C=O) groups is 1. The Morgan fingerprint density at radius 3 is 2.38 bits per heavy atom. The molecule has 0 saturated carbocycles. The Bertz CT molecular complexity index is 2060. The lowest BCUT2D eigenvalue weighted by molar-refractivity contribution is 0.104. The number of nitriles is 2. The first-order valence-electron chi connectivity index (χ1n) is 12.1.